The average Bonchev–Trinajstić information content (AvgIpc) is 2.06. The molecule has 0 aliphatic rings. The molecule has 1 nitrogen and oxygen atoms in total. The van der Waals surface area contributed by atoms with Gasteiger partial charge in [-0.15, -0.1) is 0 Å². The fourth-order valence-corrected chi connectivity index (χ4v) is 0.956. The van der Waals surface area contributed by atoms with E-state index in [4.69, 9.17) is 0 Å². The highest BCUT2D eigenvalue weighted by Crippen LogP contribution is 2.12. The molecule has 0 aliphatic carbocycles. The van der Waals surface area contributed by atoms with Crippen molar-refractivity contribution < 1.29 is 4.39 Å². The maximum absolute atomic E-state index is 11.7. The first-order chi connectivity index (χ1) is 5.74. The van der Waals surface area contributed by atoms with Crippen molar-refractivity contribution in [1.82, 2.24) is 0 Å². The van der Waals surface area contributed by atoms with Crippen LogP contribution in [-0.4, -0.2) is 14.1 Å². The number of anilines is 1. The summed E-state index contributed by atoms with van der Waals surface area (Å²) in [6.45, 7) is 0. The highest BCUT2D eigenvalue weighted by molar-refractivity contribution is 5.54. The van der Waals surface area contributed by atoms with Gasteiger partial charge >= 0.3 is 0 Å². The van der Waals surface area contributed by atoms with E-state index in [0.29, 0.717) is 6.33 Å². The predicted octanol–water partition coefficient (Wildman–Crippen LogP) is 2.69. The minimum Gasteiger partial charge on any atom is -0.378 e. The molecule has 1 aromatic rings. The van der Waals surface area contributed by atoms with Crippen molar-refractivity contribution >= 4 is 11.8 Å². The summed E-state index contributed by atoms with van der Waals surface area (Å²) in [4.78, 5) is 2.00. The van der Waals surface area contributed by atoms with Gasteiger partial charge in [0.05, 0.1) is 6.33 Å². The van der Waals surface area contributed by atoms with Crippen molar-refractivity contribution in [2.75, 3.05) is 19.0 Å². The van der Waals surface area contributed by atoms with Crippen LogP contribution in [0.15, 0.2) is 30.6 Å². The third-order valence-corrected chi connectivity index (χ3v) is 1.66. The number of halogens is 1. The molecular formula is C10H12FN. The zero-order chi connectivity index (χ0) is 8.97. The highest BCUT2D eigenvalue weighted by Gasteiger charge is 1.92. The van der Waals surface area contributed by atoms with E-state index in [1.165, 1.54) is 6.08 Å². The molecule has 0 bridgehead atoms. The molecule has 0 N–H and O–H groups in total. The SMILES string of the molecule is CN(C)c1ccc(C=CF)cc1. The van der Waals surface area contributed by atoms with Crippen LogP contribution in [0.2, 0.25) is 0 Å². The van der Waals surface area contributed by atoms with Crippen molar-refractivity contribution in [1.29, 1.82) is 0 Å². The van der Waals surface area contributed by atoms with Gasteiger partial charge in [0.1, 0.15) is 0 Å². The Balaban J connectivity index is 2.85. The van der Waals surface area contributed by atoms with E-state index in [9.17, 15) is 4.39 Å². The van der Waals surface area contributed by atoms with Gasteiger partial charge in [0.2, 0.25) is 0 Å². The highest BCUT2D eigenvalue weighted by atomic mass is 19.1. The molecule has 0 amide bonds. The molecule has 0 aromatic heterocycles. The van der Waals surface area contributed by atoms with Crippen molar-refractivity contribution in [3.63, 3.8) is 0 Å². The van der Waals surface area contributed by atoms with Crippen LogP contribution in [0.4, 0.5) is 10.1 Å². The number of rotatable bonds is 2. The lowest BCUT2D eigenvalue weighted by Gasteiger charge is -2.11. The van der Waals surface area contributed by atoms with Crippen molar-refractivity contribution in [3.8, 4) is 0 Å². The van der Waals surface area contributed by atoms with Crippen molar-refractivity contribution in [2.45, 2.75) is 0 Å². The zero-order valence-electron chi connectivity index (χ0n) is 7.29. The monoisotopic (exact) mass is 165 g/mol. The molecule has 0 aliphatic heterocycles. The Morgan fingerprint density at radius 2 is 1.75 bits per heavy atom. The topological polar surface area (TPSA) is 3.24 Å². The summed E-state index contributed by atoms with van der Waals surface area (Å²) < 4.78 is 11.7. The standard InChI is InChI=1S/C10H12FN/c1-12(2)10-5-3-9(4-6-10)7-8-11/h3-8H,1-2H3. The summed E-state index contributed by atoms with van der Waals surface area (Å²) in [5.74, 6) is 0. The number of hydrogen-bond donors (Lipinski definition) is 0. The van der Waals surface area contributed by atoms with E-state index in [1.807, 2.05) is 43.3 Å². The Kier molecular flexibility index (Phi) is 2.86. The summed E-state index contributed by atoms with van der Waals surface area (Å²) in [7, 11) is 3.94. The van der Waals surface area contributed by atoms with Gasteiger partial charge in [-0.25, -0.2) is 4.39 Å². The average molecular weight is 165 g/mol. The molecule has 12 heavy (non-hydrogen) atoms. The number of nitrogens with zero attached hydrogens (tertiary/aromatic N) is 1. The number of hydrogen-bond acceptors (Lipinski definition) is 1. The van der Waals surface area contributed by atoms with Crippen LogP contribution in [0.3, 0.4) is 0 Å². The second kappa shape index (κ2) is 3.90. The molecule has 1 rings (SSSR count). The summed E-state index contributed by atoms with van der Waals surface area (Å²) >= 11 is 0. The van der Waals surface area contributed by atoms with Gasteiger partial charge in [-0.2, -0.15) is 0 Å². The molecule has 1 aromatic carbocycles. The van der Waals surface area contributed by atoms with Crippen molar-refractivity contribution in [3.05, 3.63) is 36.2 Å². The van der Waals surface area contributed by atoms with Crippen LogP contribution in [0.25, 0.3) is 6.08 Å². The molecule has 0 spiro atoms. The summed E-state index contributed by atoms with van der Waals surface area (Å²) in [6, 6.07) is 7.67. The van der Waals surface area contributed by atoms with Gasteiger partial charge in [0, 0.05) is 19.8 Å². The Bertz CT molecular complexity index is 262. The Hall–Kier alpha value is -1.31. The normalized spacial score (nSPS) is 10.6. The van der Waals surface area contributed by atoms with Gasteiger partial charge in [-0.05, 0) is 23.8 Å². The first-order valence-corrected chi connectivity index (χ1v) is 3.78. The van der Waals surface area contributed by atoms with Gasteiger partial charge in [-0.3, -0.25) is 0 Å². The predicted molar refractivity (Wildman–Crippen MR) is 50.9 cm³/mol. The van der Waals surface area contributed by atoms with Crippen LogP contribution in [0, 0.1) is 0 Å². The molecular weight excluding hydrogens is 153 g/mol. The minimum absolute atomic E-state index is 0.546. The molecule has 64 valence electrons. The van der Waals surface area contributed by atoms with Crippen LogP contribution in [0.1, 0.15) is 5.56 Å². The number of benzene rings is 1. The molecule has 0 fully saturated rings. The van der Waals surface area contributed by atoms with Crippen LogP contribution < -0.4 is 4.90 Å². The fourth-order valence-electron chi connectivity index (χ4n) is 0.956. The van der Waals surface area contributed by atoms with Gasteiger partial charge in [0.15, 0.2) is 0 Å². The molecule has 0 unspecified atom stereocenters. The second-order valence-electron chi connectivity index (χ2n) is 2.78. The third kappa shape index (κ3) is 2.09. The van der Waals surface area contributed by atoms with E-state index < -0.39 is 0 Å². The van der Waals surface area contributed by atoms with Crippen molar-refractivity contribution in [2.24, 2.45) is 0 Å². The van der Waals surface area contributed by atoms with E-state index in [-0.39, 0.29) is 0 Å². The molecule has 0 saturated carbocycles. The Morgan fingerprint density at radius 3 is 2.17 bits per heavy atom. The molecule has 0 atom stereocenters. The third-order valence-electron chi connectivity index (χ3n) is 1.66. The van der Waals surface area contributed by atoms with Gasteiger partial charge < -0.3 is 4.90 Å². The molecule has 0 radical (unpaired) electrons. The van der Waals surface area contributed by atoms with E-state index in [0.717, 1.165) is 11.3 Å². The second-order valence-corrected chi connectivity index (χ2v) is 2.78. The summed E-state index contributed by atoms with van der Waals surface area (Å²) in [5.41, 5.74) is 1.99. The lowest BCUT2D eigenvalue weighted by atomic mass is 10.2. The molecule has 2 heteroatoms. The Labute approximate surface area is 72.1 Å². The quantitative estimate of drug-likeness (QED) is 0.651. The maximum atomic E-state index is 11.7. The van der Waals surface area contributed by atoms with Crippen LogP contribution >= 0.6 is 0 Å². The molecule has 0 saturated heterocycles. The van der Waals surface area contributed by atoms with Gasteiger partial charge in [-0.1, -0.05) is 12.1 Å². The summed E-state index contributed by atoms with van der Waals surface area (Å²) in [6.07, 6.45) is 1.98. The van der Waals surface area contributed by atoms with Crippen LogP contribution in [0.5, 0.6) is 0 Å². The largest absolute Gasteiger partial charge is 0.378 e. The lowest BCUT2D eigenvalue weighted by molar-refractivity contribution is 0.727. The minimum atomic E-state index is 0.546. The summed E-state index contributed by atoms with van der Waals surface area (Å²) in [5, 5.41) is 0. The zero-order valence-corrected chi connectivity index (χ0v) is 7.29. The van der Waals surface area contributed by atoms with Gasteiger partial charge in [0.25, 0.3) is 0 Å². The lowest BCUT2D eigenvalue weighted by Crippen LogP contribution is -2.07. The maximum Gasteiger partial charge on any atom is 0.0872 e. The fraction of sp³-hybridized carbons (Fsp3) is 0.200. The van der Waals surface area contributed by atoms with E-state index >= 15 is 0 Å². The first kappa shape index (κ1) is 8.78. The smallest absolute Gasteiger partial charge is 0.0872 e. The van der Waals surface area contributed by atoms with Crippen LogP contribution in [-0.2, 0) is 0 Å². The van der Waals surface area contributed by atoms with E-state index in [1.54, 1.807) is 0 Å². The molecule has 0 heterocycles. The van der Waals surface area contributed by atoms with E-state index in [2.05, 4.69) is 0 Å². The first-order valence-electron chi connectivity index (χ1n) is 3.78. The Morgan fingerprint density at radius 1 is 1.17 bits per heavy atom.